The van der Waals surface area contributed by atoms with Crippen molar-refractivity contribution in [1.82, 2.24) is 15.5 Å². The molecule has 2 aromatic carbocycles. The minimum absolute atomic E-state index is 0.0167. The Morgan fingerprint density at radius 3 is 2.35 bits per heavy atom. The number of rotatable bonds is 8. The number of ether oxygens (including phenoxy) is 2. The summed E-state index contributed by atoms with van der Waals surface area (Å²) in [4.78, 5) is 49.3. The second-order valence-corrected chi connectivity index (χ2v) is 11.9. The molecule has 1 heterocycles. The number of carbonyl (C=O) groups excluding carboxylic acids is 3. The number of hydrogen-bond donors (Lipinski definition) is 3. The van der Waals surface area contributed by atoms with Crippen molar-refractivity contribution in [2.75, 3.05) is 20.2 Å². The van der Waals surface area contributed by atoms with Crippen LogP contribution in [0.4, 0.5) is 4.79 Å². The number of imide groups is 1. The maximum absolute atomic E-state index is 13.4. The molecular weight excluding hydrogens is 594 g/mol. The van der Waals surface area contributed by atoms with E-state index in [9.17, 15) is 19.2 Å². The molecule has 1 aliphatic rings. The van der Waals surface area contributed by atoms with E-state index in [-0.39, 0.29) is 36.5 Å². The van der Waals surface area contributed by atoms with Gasteiger partial charge in [-0.15, -0.1) is 0 Å². The fourth-order valence-corrected chi connectivity index (χ4v) is 4.85. The number of carboxylic acids is 1. The van der Waals surface area contributed by atoms with Gasteiger partial charge in [0.1, 0.15) is 11.4 Å². The minimum atomic E-state index is -0.910. The van der Waals surface area contributed by atoms with Gasteiger partial charge in [0.25, 0.3) is 0 Å². The summed E-state index contributed by atoms with van der Waals surface area (Å²) in [5, 5.41) is 15.5. The maximum Gasteiger partial charge on any atom is 0.324 e. The van der Waals surface area contributed by atoms with Crippen molar-refractivity contribution >= 4 is 52.7 Å². The van der Waals surface area contributed by atoms with E-state index >= 15 is 0 Å². The summed E-state index contributed by atoms with van der Waals surface area (Å²) in [6.45, 7) is 9.12. The summed E-state index contributed by atoms with van der Waals surface area (Å²) < 4.78 is 10.2. The fourth-order valence-electron chi connectivity index (χ4n) is 4.45. The fraction of sp³-hybridized carbons (Fsp3) is 0.452. The SMILES string of the molecule is CC(=O)OC(C)(C)C.CC[C@@H](NC(=O)N1CC(=S)NC[C@@H](Cc2cc(Cl)ccc2OC)C1=O)c1ccc(CC(=O)O)cc1. The van der Waals surface area contributed by atoms with Crippen LogP contribution in [-0.2, 0) is 32.0 Å². The lowest BCUT2D eigenvalue weighted by molar-refractivity contribution is -0.152. The number of esters is 1. The Morgan fingerprint density at radius 2 is 1.84 bits per heavy atom. The summed E-state index contributed by atoms with van der Waals surface area (Å²) in [6, 6.07) is 11.3. The predicted molar refractivity (Wildman–Crippen MR) is 168 cm³/mol. The molecule has 0 aliphatic carbocycles. The van der Waals surface area contributed by atoms with Crippen molar-refractivity contribution in [3.8, 4) is 5.75 Å². The molecule has 0 aromatic heterocycles. The first-order chi connectivity index (χ1) is 20.1. The first-order valence-corrected chi connectivity index (χ1v) is 14.6. The van der Waals surface area contributed by atoms with Crippen molar-refractivity contribution in [3.05, 3.63) is 64.2 Å². The van der Waals surface area contributed by atoms with E-state index in [1.807, 2.05) is 27.7 Å². The van der Waals surface area contributed by atoms with Crippen molar-refractivity contribution < 1.29 is 33.8 Å². The number of methoxy groups -OCH3 is 1. The van der Waals surface area contributed by atoms with E-state index in [0.717, 1.165) is 16.0 Å². The molecule has 2 atom stereocenters. The lowest BCUT2D eigenvalue weighted by atomic mass is 9.97. The van der Waals surface area contributed by atoms with Crippen LogP contribution in [0.15, 0.2) is 42.5 Å². The maximum atomic E-state index is 13.4. The monoisotopic (exact) mass is 633 g/mol. The number of thiocarbonyl (C=S) groups is 1. The van der Waals surface area contributed by atoms with Gasteiger partial charge >= 0.3 is 18.0 Å². The zero-order chi connectivity index (χ0) is 32.3. The highest BCUT2D eigenvalue weighted by molar-refractivity contribution is 7.80. The van der Waals surface area contributed by atoms with Crippen LogP contribution < -0.4 is 15.4 Å². The third kappa shape index (κ3) is 11.8. The number of hydrogen-bond acceptors (Lipinski definition) is 7. The van der Waals surface area contributed by atoms with Crippen LogP contribution in [0.3, 0.4) is 0 Å². The molecule has 0 unspecified atom stereocenters. The van der Waals surface area contributed by atoms with Crippen LogP contribution in [0.25, 0.3) is 0 Å². The summed E-state index contributed by atoms with van der Waals surface area (Å²) in [6.07, 6.45) is 0.830. The average molecular weight is 634 g/mol. The number of halogens is 1. The van der Waals surface area contributed by atoms with Crippen LogP contribution in [0.5, 0.6) is 5.75 Å². The number of amides is 3. The number of nitrogens with zero attached hydrogens (tertiary/aromatic N) is 1. The molecule has 2 aromatic rings. The highest BCUT2D eigenvalue weighted by atomic mass is 35.5. The Balaban J connectivity index is 0.000000708. The number of nitrogens with one attached hydrogen (secondary N) is 2. The molecule has 3 amide bonds. The van der Waals surface area contributed by atoms with Gasteiger partial charge in [-0.1, -0.05) is 55.0 Å². The predicted octanol–water partition coefficient (Wildman–Crippen LogP) is 5.10. The summed E-state index contributed by atoms with van der Waals surface area (Å²) >= 11 is 11.5. The van der Waals surface area contributed by atoms with Crippen LogP contribution in [0.1, 0.15) is 63.8 Å². The molecule has 0 bridgehead atoms. The van der Waals surface area contributed by atoms with E-state index in [0.29, 0.717) is 40.7 Å². The molecule has 10 nitrogen and oxygen atoms in total. The Hall–Kier alpha value is -3.70. The standard InChI is InChI=1S/C25H28ClN3O5S.C6H12O2/c1-3-20(16-6-4-15(5-7-16)10-23(30)31)28-25(33)29-14-22(35)27-13-18(24(29)32)11-17-12-19(26)8-9-21(17)34-2;1-5(7)8-6(2,3)4/h4-9,12,18,20H,3,10-11,13-14H2,1-2H3,(H,27,35)(H,28,33)(H,30,31);1-4H3/t18-,20-;/m1./s1. The van der Waals surface area contributed by atoms with Crippen LogP contribution in [0, 0.1) is 5.92 Å². The number of urea groups is 1. The van der Waals surface area contributed by atoms with E-state index in [1.54, 1.807) is 49.6 Å². The summed E-state index contributed by atoms with van der Waals surface area (Å²) in [5.74, 6) is -1.42. The molecule has 3 rings (SSSR count). The number of benzene rings is 2. The van der Waals surface area contributed by atoms with Gasteiger partial charge < -0.3 is 25.2 Å². The minimum Gasteiger partial charge on any atom is -0.496 e. The second-order valence-electron chi connectivity index (χ2n) is 11.0. The first-order valence-electron chi connectivity index (χ1n) is 13.8. The molecule has 12 heteroatoms. The van der Waals surface area contributed by atoms with Crippen molar-refractivity contribution in [3.63, 3.8) is 0 Å². The summed E-state index contributed by atoms with van der Waals surface area (Å²) in [7, 11) is 1.55. The van der Waals surface area contributed by atoms with Crippen molar-refractivity contribution in [2.45, 2.75) is 65.5 Å². The molecule has 0 radical (unpaired) electrons. The third-order valence-corrected chi connectivity index (χ3v) is 6.82. The van der Waals surface area contributed by atoms with Gasteiger partial charge in [-0.05, 0) is 68.5 Å². The Bertz CT molecular complexity index is 1310. The Morgan fingerprint density at radius 1 is 1.19 bits per heavy atom. The van der Waals surface area contributed by atoms with Gasteiger partial charge in [-0.2, -0.15) is 0 Å². The largest absolute Gasteiger partial charge is 0.496 e. The van der Waals surface area contributed by atoms with Gasteiger partial charge in [0.2, 0.25) is 5.91 Å². The third-order valence-electron chi connectivity index (χ3n) is 6.31. The van der Waals surface area contributed by atoms with E-state index in [1.165, 1.54) is 6.92 Å². The quantitative estimate of drug-likeness (QED) is 0.268. The molecule has 0 saturated carbocycles. The molecule has 43 heavy (non-hydrogen) atoms. The van der Waals surface area contributed by atoms with Crippen LogP contribution in [0.2, 0.25) is 5.02 Å². The van der Waals surface area contributed by atoms with E-state index in [2.05, 4.69) is 10.6 Å². The van der Waals surface area contributed by atoms with Crippen LogP contribution in [-0.4, -0.2) is 64.7 Å². The number of carboxylic acid groups (broad SMARTS) is 1. The molecule has 1 fully saturated rings. The van der Waals surface area contributed by atoms with Gasteiger partial charge in [0, 0.05) is 18.5 Å². The van der Waals surface area contributed by atoms with Crippen molar-refractivity contribution in [2.24, 2.45) is 5.92 Å². The molecule has 234 valence electrons. The molecule has 1 aliphatic heterocycles. The molecular formula is C31H40ClN3O7S. The Kier molecular flexibility index (Phi) is 13.4. The average Bonchev–Trinajstić information content (AvgIpc) is 3.04. The van der Waals surface area contributed by atoms with Gasteiger partial charge in [0.15, 0.2) is 0 Å². The number of aliphatic carboxylic acids is 1. The lowest BCUT2D eigenvalue weighted by Crippen LogP contribution is -2.48. The summed E-state index contributed by atoms with van der Waals surface area (Å²) in [5.41, 5.74) is 1.92. The number of carbonyl (C=O) groups is 4. The smallest absolute Gasteiger partial charge is 0.324 e. The first kappa shape index (κ1) is 35.5. The zero-order valence-corrected chi connectivity index (χ0v) is 26.9. The molecule has 3 N–H and O–H groups in total. The zero-order valence-electron chi connectivity index (χ0n) is 25.4. The normalized spacial score (nSPS) is 15.7. The van der Waals surface area contributed by atoms with Gasteiger partial charge in [-0.3, -0.25) is 19.3 Å². The van der Waals surface area contributed by atoms with Gasteiger partial charge in [-0.25, -0.2) is 4.79 Å². The van der Waals surface area contributed by atoms with Crippen LogP contribution >= 0.6 is 23.8 Å². The van der Waals surface area contributed by atoms with E-state index < -0.39 is 17.9 Å². The van der Waals surface area contributed by atoms with Gasteiger partial charge in [0.05, 0.1) is 37.0 Å². The topological polar surface area (TPSA) is 134 Å². The second kappa shape index (κ2) is 16.2. The Labute approximate surface area is 263 Å². The highest BCUT2D eigenvalue weighted by Crippen LogP contribution is 2.27. The molecule has 1 saturated heterocycles. The molecule has 0 spiro atoms. The highest BCUT2D eigenvalue weighted by Gasteiger charge is 2.34. The van der Waals surface area contributed by atoms with E-state index in [4.69, 9.17) is 38.4 Å². The lowest BCUT2D eigenvalue weighted by Gasteiger charge is -2.26. The van der Waals surface area contributed by atoms with Crippen molar-refractivity contribution in [1.29, 1.82) is 0 Å².